The molecule has 0 radical (unpaired) electrons. The van der Waals surface area contributed by atoms with Crippen LogP contribution in [0.5, 0.6) is 0 Å². The van der Waals surface area contributed by atoms with Gasteiger partial charge >= 0.3 is 0 Å². The maximum absolute atomic E-state index is 9.63. The number of carbonyl (C=O) groups excluding carboxylic acids is 1. The molecule has 0 bridgehead atoms. The lowest BCUT2D eigenvalue weighted by Crippen LogP contribution is -1.86. The molecule has 0 fully saturated rings. The number of carbonyl (C=O) groups is 1. The van der Waals surface area contributed by atoms with E-state index in [1.807, 2.05) is 0 Å². The van der Waals surface area contributed by atoms with Gasteiger partial charge in [-0.15, -0.1) is 0 Å². The Morgan fingerprint density at radius 1 is 1.10 bits per heavy atom. The molecule has 0 amide bonds. The Kier molecular flexibility index (Phi) is 11.0. The average Bonchev–Trinajstić information content (AvgIpc) is 1.19. The van der Waals surface area contributed by atoms with Gasteiger partial charge in [0.15, 0.2) is 0 Å². The van der Waals surface area contributed by atoms with E-state index in [1.54, 1.807) is 0 Å². The highest BCUT2D eigenvalue weighted by Crippen LogP contribution is 1.61. The molecule has 0 aromatic rings. The van der Waals surface area contributed by atoms with Crippen LogP contribution < -0.4 is 0 Å². The fourth-order valence-electron chi connectivity index (χ4n) is 0. The highest BCUT2D eigenvalue weighted by molar-refractivity contribution is 7.89. The van der Waals surface area contributed by atoms with E-state index in [0.29, 0.717) is 0 Å². The van der Waals surface area contributed by atoms with Gasteiger partial charge in [-0.25, -0.2) is 8.42 Å². The minimum atomic E-state index is -2.67. The van der Waals surface area contributed by atoms with Crippen molar-refractivity contribution in [2.45, 2.75) is 21.3 Å². The summed E-state index contributed by atoms with van der Waals surface area (Å²) < 4.78 is 19.3. The number of Topliss-reactive ketones (excluding diaryl/α,β-unsaturated/α-hetero) is 1. The molecule has 0 spiro atoms. The second kappa shape index (κ2) is 6.74. The van der Waals surface area contributed by atoms with E-state index in [-0.39, 0.29) is 13.2 Å². The number of sulfone groups is 1. The van der Waals surface area contributed by atoms with Gasteiger partial charge < -0.3 is 4.79 Å². The van der Waals surface area contributed by atoms with Crippen LogP contribution in [-0.4, -0.2) is 26.7 Å². The highest BCUT2D eigenvalue weighted by atomic mass is 32.2. The first-order chi connectivity index (χ1) is 3.73. The fraction of sp³-hybridized carbons (Fsp3) is 0.833. The maximum Gasteiger partial charge on any atom is 0.144 e. The number of rotatable bonds is 0. The van der Waals surface area contributed by atoms with Crippen LogP contribution >= 0.6 is 0 Å². The first-order valence-corrected chi connectivity index (χ1v) is 4.65. The Morgan fingerprint density at radius 3 is 1.10 bits per heavy atom. The monoisotopic (exact) mass is 168 g/mol. The first kappa shape index (κ1) is 16.3. The van der Waals surface area contributed by atoms with Crippen LogP contribution in [0.3, 0.4) is 0 Å². The fourth-order valence-corrected chi connectivity index (χ4v) is 0. The van der Waals surface area contributed by atoms with E-state index in [9.17, 15) is 13.2 Å². The van der Waals surface area contributed by atoms with Crippen LogP contribution in [0.2, 0.25) is 0 Å². The molecule has 3 nitrogen and oxygen atoms in total. The van der Waals surface area contributed by atoms with Crippen molar-refractivity contribution in [3.05, 3.63) is 0 Å². The zero-order chi connectivity index (χ0) is 8.08. The maximum atomic E-state index is 9.63. The lowest BCUT2D eigenvalue weighted by atomic mass is 10.6. The smallest absolute Gasteiger partial charge is 0.144 e. The molecule has 0 saturated heterocycles. The number of hydrogen-bond donors (Lipinski definition) is 0. The molecule has 0 N–H and O–H groups in total. The van der Waals surface area contributed by atoms with Crippen molar-refractivity contribution in [3.63, 3.8) is 0 Å². The summed E-state index contributed by atoms with van der Waals surface area (Å²) in [6, 6.07) is 0. The van der Waals surface area contributed by atoms with Gasteiger partial charge in [-0.1, -0.05) is 7.43 Å². The summed E-state index contributed by atoms with van der Waals surface area (Å²) in [6.45, 7) is 3.06. The Hall–Kier alpha value is -0.380. The van der Waals surface area contributed by atoms with Crippen LogP contribution in [0.4, 0.5) is 0 Å². The molecule has 64 valence electrons. The molecular weight excluding hydrogens is 152 g/mol. The van der Waals surface area contributed by atoms with Crippen molar-refractivity contribution in [3.8, 4) is 0 Å². The van der Waals surface area contributed by atoms with Crippen LogP contribution in [-0.2, 0) is 14.6 Å². The minimum absolute atomic E-state index is 0. The highest BCUT2D eigenvalue weighted by Gasteiger charge is 1.79. The van der Waals surface area contributed by atoms with E-state index >= 15 is 0 Å². The molecule has 0 rings (SSSR count). The predicted molar refractivity (Wildman–Crippen MR) is 43.9 cm³/mol. The normalized spacial score (nSPS) is 8.40. The molecule has 4 heteroatoms. The van der Waals surface area contributed by atoms with Crippen molar-refractivity contribution >= 4 is 15.6 Å². The van der Waals surface area contributed by atoms with Crippen LogP contribution in [0.15, 0.2) is 0 Å². The van der Waals surface area contributed by atoms with E-state index in [0.717, 1.165) is 12.5 Å². The van der Waals surface area contributed by atoms with Gasteiger partial charge in [-0.2, -0.15) is 0 Å². The van der Waals surface area contributed by atoms with Crippen molar-refractivity contribution in [1.29, 1.82) is 0 Å². The second-order valence-corrected chi connectivity index (χ2v) is 4.34. The molecule has 0 saturated carbocycles. The van der Waals surface area contributed by atoms with E-state index in [4.69, 9.17) is 0 Å². The Morgan fingerprint density at radius 2 is 1.10 bits per heavy atom. The largest absolute Gasteiger partial charge is 0.300 e. The molecule has 0 unspecified atom stereocenters. The summed E-state index contributed by atoms with van der Waals surface area (Å²) in [5, 5.41) is 0. The Labute approximate surface area is 63.4 Å². The topological polar surface area (TPSA) is 51.2 Å². The minimum Gasteiger partial charge on any atom is -0.300 e. The summed E-state index contributed by atoms with van der Waals surface area (Å²) >= 11 is 0. The van der Waals surface area contributed by atoms with Gasteiger partial charge in [0.05, 0.1) is 0 Å². The molecule has 0 atom stereocenters. The van der Waals surface area contributed by atoms with Gasteiger partial charge in [-0.05, 0) is 13.8 Å². The molecule has 0 aliphatic carbocycles. The van der Waals surface area contributed by atoms with Crippen LogP contribution in [0.1, 0.15) is 21.3 Å². The molecular formula is C6H16O3S. The standard InChI is InChI=1S/C3H6O.C2H6O2S.CH4/c1-3(2)4;1-5(2,3)4;/h1-2H3;1-2H3;1H4. The summed E-state index contributed by atoms with van der Waals surface area (Å²) in [4.78, 5) is 9.44. The zero-order valence-electron chi connectivity index (χ0n) is 6.13. The number of hydrogen-bond acceptors (Lipinski definition) is 3. The average molecular weight is 168 g/mol. The lowest BCUT2D eigenvalue weighted by molar-refractivity contribution is -0.114. The molecule has 0 aliphatic heterocycles. The SMILES string of the molecule is C.CC(C)=O.CS(C)(=O)=O. The predicted octanol–water partition coefficient (Wildman–Crippen LogP) is 0.892. The molecule has 0 aromatic heterocycles. The third-order valence-electron chi connectivity index (χ3n) is 0. The third kappa shape index (κ3) is 2310. The quantitative estimate of drug-likeness (QED) is 0.540. The molecule has 0 heterocycles. The van der Waals surface area contributed by atoms with Crippen molar-refractivity contribution in [2.24, 2.45) is 0 Å². The van der Waals surface area contributed by atoms with E-state index in [1.165, 1.54) is 13.8 Å². The van der Waals surface area contributed by atoms with Crippen LogP contribution in [0.25, 0.3) is 0 Å². The van der Waals surface area contributed by atoms with Gasteiger partial charge in [0.2, 0.25) is 0 Å². The molecule has 0 aliphatic rings. The van der Waals surface area contributed by atoms with E-state index in [2.05, 4.69) is 0 Å². The first-order valence-electron chi connectivity index (χ1n) is 2.35. The summed E-state index contributed by atoms with van der Waals surface area (Å²) in [5.41, 5.74) is 0. The van der Waals surface area contributed by atoms with Crippen molar-refractivity contribution < 1.29 is 13.2 Å². The summed E-state index contributed by atoms with van der Waals surface area (Å²) in [5.74, 6) is 0.167. The second-order valence-electron chi connectivity index (χ2n) is 2.05. The van der Waals surface area contributed by atoms with Gasteiger partial charge in [0.1, 0.15) is 15.6 Å². The Bertz CT molecular complexity index is 155. The summed E-state index contributed by atoms with van der Waals surface area (Å²) in [7, 11) is -2.67. The third-order valence-corrected chi connectivity index (χ3v) is 0. The van der Waals surface area contributed by atoms with Crippen molar-refractivity contribution in [1.82, 2.24) is 0 Å². The van der Waals surface area contributed by atoms with Gasteiger partial charge in [0, 0.05) is 12.5 Å². The van der Waals surface area contributed by atoms with E-state index < -0.39 is 9.84 Å². The van der Waals surface area contributed by atoms with Crippen molar-refractivity contribution in [2.75, 3.05) is 12.5 Å². The van der Waals surface area contributed by atoms with Gasteiger partial charge in [0.25, 0.3) is 0 Å². The van der Waals surface area contributed by atoms with Gasteiger partial charge in [-0.3, -0.25) is 0 Å². The Balaban J connectivity index is -0.0000000910. The lowest BCUT2D eigenvalue weighted by Gasteiger charge is -1.69. The zero-order valence-corrected chi connectivity index (χ0v) is 6.95. The van der Waals surface area contributed by atoms with Crippen LogP contribution in [0, 0.1) is 0 Å². The number of ketones is 1. The molecule has 10 heavy (non-hydrogen) atoms. The summed E-state index contributed by atoms with van der Waals surface area (Å²) in [6.07, 6.45) is 2.32. The molecule has 0 aromatic carbocycles.